The number of hydrogen-bond acceptors (Lipinski definition) is 5. The van der Waals surface area contributed by atoms with Gasteiger partial charge in [-0.15, -0.1) is 11.3 Å². The van der Waals surface area contributed by atoms with Crippen LogP contribution in [0, 0.1) is 13.8 Å². The molecule has 1 atom stereocenters. The maximum Gasteiger partial charge on any atom is 0.255 e. The van der Waals surface area contributed by atoms with E-state index >= 15 is 0 Å². The summed E-state index contributed by atoms with van der Waals surface area (Å²) in [6.07, 6.45) is 2.92. The first-order valence-corrected chi connectivity index (χ1v) is 7.57. The molecule has 5 nitrogen and oxygen atoms in total. The summed E-state index contributed by atoms with van der Waals surface area (Å²) in [5, 5.41) is 4.39. The Morgan fingerprint density at radius 1 is 1.45 bits per heavy atom. The molecule has 0 aliphatic heterocycles. The van der Waals surface area contributed by atoms with Crippen molar-refractivity contribution in [2.75, 3.05) is 0 Å². The first kappa shape index (κ1) is 14.9. The first-order chi connectivity index (χ1) is 9.51. The van der Waals surface area contributed by atoms with E-state index in [1.54, 1.807) is 18.3 Å². The van der Waals surface area contributed by atoms with Gasteiger partial charge in [0.2, 0.25) is 0 Å². The smallest absolute Gasteiger partial charge is 0.255 e. The highest BCUT2D eigenvalue weighted by Crippen LogP contribution is 2.16. The summed E-state index contributed by atoms with van der Waals surface area (Å²) in [4.78, 5) is 24.7. The van der Waals surface area contributed by atoms with Gasteiger partial charge in [-0.3, -0.25) is 4.79 Å². The average Bonchev–Trinajstić information content (AvgIpc) is 2.83. The predicted molar refractivity (Wildman–Crippen MR) is 81.1 cm³/mol. The fourth-order valence-corrected chi connectivity index (χ4v) is 2.99. The third-order valence-electron chi connectivity index (χ3n) is 3.21. The van der Waals surface area contributed by atoms with Crippen molar-refractivity contribution in [3.8, 4) is 0 Å². The Labute approximate surface area is 122 Å². The number of aromatic amines is 1. The molecule has 20 heavy (non-hydrogen) atoms. The molecule has 6 heteroatoms. The van der Waals surface area contributed by atoms with E-state index in [9.17, 15) is 4.79 Å². The Hall–Kier alpha value is -1.53. The van der Waals surface area contributed by atoms with E-state index < -0.39 is 0 Å². The highest BCUT2D eigenvalue weighted by atomic mass is 32.1. The van der Waals surface area contributed by atoms with Crippen LogP contribution < -0.4 is 10.9 Å². The molecule has 0 bridgehead atoms. The maximum atomic E-state index is 12.0. The third kappa shape index (κ3) is 3.32. The molecule has 0 saturated carbocycles. The van der Waals surface area contributed by atoms with Crippen molar-refractivity contribution in [2.24, 2.45) is 0 Å². The SMILES string of the molecule is CCc1cnc(CNC(C)c2c(C)nc(C)[nH]c2=O)s1. The summed E-state index contributed by atoms with van der Waals surface area (Å²) in [7, 11) is 0. The topological polar surface area (TPSA) is 70.7 Å². The molecule has 1 unspecified atom stereocenters. The van der Waals surface area contributed by atoms with Crippen LogP contribution >= 0.6 is 11.3 Å². The van der Waals surface area contributed by atoms with Crippen molar-refractivity contribution in [3.05, 3.63) is 43.5 Å². The molecule has 2 aromatic rings. The highest BCUT2D eigenvalue weighted by molar-refractivity contribution is 7.11. The minimum absolute atomic E-state index is 0.0548. The lowest BCUT2D eigenvalue weighted by Gasteiger charge is -2.14. The zero-order chi connectivity index (χ0) is 14.7. The van der Waals surface area contributed by atoms with E-state index in [2.05, 4.69) is 27.2 Å². The van der Waals surface area contributed by atoms with Crippen LogP contribution in [0.3, 0.4) is 0 Å². The lowest BCUT2D eigenvalue weighted by Crippen LogP contribution is -2.27. The van der Waals surface area contributed by atoms with Gasteiger partial charge in [-0.1, -0.05) is 6.92 Å². The zero-order valence-electron chi connectivity index (χ0n) is 12.3. The zero-order valence-corrected chi connectivity index (χ0v) is 13.1. The van der Waals surface area contributed by atoms with E-state index in [-0.39, 0.29) is 11.6 Å². The molecule has 0 spiro atoms. The van der Waals surface area contributed by atoms with E-state index in [1.807, 2.05) is 20.0 Å². The third-order valence-corrected chi connectivity index (χ3v) is 4.35. The Kier molecular flexibility index (Phi) is 4.67. The molecule has 0 fully saturated rings. The van der Waals surface area contributed by atoms with Crippen molar-refractivity contribution < 1.29 is 0 Å². The molecule has 2 rings (SSSR count). The Balaban J connectivity index is 2.09. The summed E-state index contributed by atoms with van der Waals surface area (Å²) in [6.45, 7) is 8.42. The number of H-pyrrole nitrogens is 1. The van der Waals surface area contributed by atoms with Gasteiger partial charge in [0.05, 0.1) is 5.56 Å². The van der Waals surface area contributed by atoms with Gasteiger partial charge in [0, 0.05) is 29.4 Å². The number of hydrogen-bond donors (Lipinski definition) is 2. The summed E-state index contributed by atoms with van der Waals surface area (Å²) in [5.74, 6) is 0.649. The van der Waals surface area contributed by atoms with Crippen molar-refractivity contribution in [3.63, 3.8) is 0 Å². The first-order valence-electron chi connectivity index (χ1n) is 6.75. The van der Waals surface area contributed by atoms with Gasteiger partial charge in [-0.2, -0.15) is 0 Å². The second-order valence-electron chi connectivity index (χ2n) is 4.83. The van der Waals surface area contributed by atoms with Crippen LogP contribution in [0.25, 0.3) is 0 Å². The molecule has 0 aromatic carbocycles. The molecule has 0 aliphatic carbocycles. The van der Waals surface area contributed by atoms with E-state index in [1.165, 1.54) is 4.88 Å². The normalized spacial score (nSPS) is 12.6. The van der Waals surface area contributed by atoms with Crippen molar-refractivity contribution in [1.82, 2.24) is 20.3 Å². The number of thiazole rings is 1. The Morgan fingerprint density at radius 2 is 2.20 bits per heavy atom. The van der Waals surface area contributed by atoms with Gasteiger partial charge >= 0.3 is 0 Å². The van der Waals surface area contributed by atoms with Gasteiger partial charge in [0.15, 0.2) is 0 Å². The molecule has 0 radical (unpaired) electrons. The number of nitrogens with one attached hydrogen (secondary N) is 2. The largest absolute Gasteiger partial charge is 0.310 e. The van der Waals surface area contributed by atoms with Gasteiger partial charge in [0.25, 0.3) is 5.56 Å². The number of rotatable bonds is 5. The Bertz CT molecular complexity index is 647. The van der Waals surface area contributed by atoms with E-state index in [4.69, 9.17) is 0 Å². The molecule has 108 valence electrons. The quantitative estimate of drug-likeness (QED) is 0.887. The van der Waals surface area contributed by atoms with Crippen LogP contribution in [0.4, 0.5) is 0 Å². The lowest BCUT2D eigenvalue weighted by atomic mass is 10.1. The molecular weight excluding hydrogens is 272 g/mol. The molecule has 0 amide bonds. The summed E-state index contributed by atoms with van der Waals surface area (Å²) in [5.41, 5.74) is 1.41. The van der Waals surface area contributed by atoms with Crippen molar-refractivity contribution in [1.29, 1.82) is 0 Å². The molecule has 0 saturated heterocycles. The van der Waals surface area contributed by atoms with Crippen LogP contribution in [0.1, 0.15) is 46.9 Å². The van der Waals surface area contributed by atoms with Crippen LogP contribution in [0.5, 0.6) is 0 Å². The number of nitrogens with zero attached hydrogens (tertiary/aromatic N) is 2. The van der Waals surface area contributed by atoms with Crippen LogP contribution in [-0.2, 0) is 13.0 Å². The second-order valence-corrected chi connectivity index (χ2v) is 6.03. The highest BCUT2D eigenvalue weighted by Gasteiger charge is 2.14. The Morgan fingerprint density at radius 3 is 2.80 bits per heavy atom. The fourth-order valence-electron chi connectivity index (χ4n) is 2.18. The molecule has 2 N–H and O–H groups in total. The van der Waals surface area contributed by atoms with E-state index in [0.717, 1.165) is 17.1 Å². The molecule has 2 heterocycles. The lowest BCUT2D eigenvalue weighted by molar-refractivity contribution is 0.561. The second kappa shape index (κ2) is 6.28. The maximum absolute atomic E-state index is 12.0. The van der Waals surface area contributed by atoms with Crippen molar-refractivity contribution in [2.45, 2.75) is 46.7 Å². The van der Waals surface area contributed by atoms with Gasteiger partial charge < -0.3 is 10.3 Å². The number of aryl methyl sites for hydroxylation is 3. The van der Waals surface area contributed by atoms with Gasteiger partial charge in [0.1, 0.15) is 10.8 Å². The van der Waals surface area contributed by atoms with Gasteiger partial charge in [-0.05, 0) is 27.2 Å². The summed E-state index contributed by atoms with van der Waals surface area (Å²) < 4.78 is 0. The van der Waals surface area contributed by atoms with Crippen LogP contribution in [-0.4, -0.2) is 15.0 Å². The van der Waals surface area contributed by atoms with Crippen molar-refractivity contribution >= 4 is 11.3 Å². The molecular formula is C14H20N4OS. The van der Waals surface area contributed by atoms with E-state index in [0.29, 0.717) is 17.9 Å². The fraction of sp³-hybridized carbons (Fsp3) is 0.500. The molecule has 0 aliphatic rings. The summed E-state index contributed by atoms with van der Waals surface area (Å²) >= 11 is 1.71. The monoisotopic (exact) mass is 292 g/mol. The van der Waals surface area contributed by atoms with Crippen LogP contribution in [0.15, 0.2) is 11.0 Å². The average molecular weight is 292 g/mol. The minimum atomic E-state index is -0.0663. The predicted octanol–water partition coefficient (Wildman–Crippen LogP) is 2.26. The minimum Gasteiger partial charge on any atom is -0.310 e. The standard InChI is InChI=1S/C14H20N4OS/c1-5-11-6-16-12(20-11)7-15-8(2)13-9(3)17-10(4)18-14(13)19/h6,8,15H,5,7H2,1-4H3,(H,17,18,19). The van der Waals surface area contributed by atoms with Crippen LogP contribution in [0.2, 0.25) is 0 Å². The van der Waals surface area contributed by atoms with Gasteiger partial charge in [-0.25, -0.2) is 9.97 Å². The summed E-state index contributed by atoms with van der Waals surface area (Å²) in [6, 6.07) is -0.0548. The molecule has 2 aromatic heterocycles. The number of aromatic nitrogens is 3.